The van der Waals surface area contributed by atoms with Gasteiger partial charge < -0.3 is 10.1 Å². The quantitative estimate of drug-likeness (QED) is 0.763. The molecule has 0 unspecified atom stereocenters. The van der Waals surface area contributed by atoms with Gasteiger partial charge in [0.05, 0.1) is 0 Å². The fourth-order valence-electron chi connectivity index (χ4n) is 2.41. The molecular weight excluding hydrogens is 222 g/mol. The molecule has 0 saturated carbocycles. The number of aromatic nitrogens is 2. The first-order chi connectivity index (χ1) is 8.79. The number of nitrogens with two attached hydrogens (primary N) is 1. The molecule has 92 valence electrons. The molecule has 0 aliphatic carbocycles. The summed E-state index contributed by atoms with van der Waals surface area (Å²) in [5, 5.41) is 2.46. The second kappa shape index (κ2) is 4.42. The fraction of sp³-hybridized carbons (Fsp3) is 0.267. The van der Waals surface area contributed by atoms with Gasteiger partial charge in [0.2, 0.25) is 0 Å². The Morgan fingerprint density at radius 2 is 2.17 bits per heavy atom. The highest BCUT2D eigenvalue weighted by Gasteiger charge is 2.06. The maximum atomic E-state index is 5.57. The minimum atomic E-state index is 0.722. The molecule has 1 aromatic carbocycles. The van der Waals surface area contributed by atoms with Gasteiger partial charge >= 0.3 is 0 Å². The van der Waals surface area contributed by atoms with Gasteiger partial charge in [-0.25, -0.2) is 4.98 Å². The Labute approximate surface area is 106 Å². The van der Waals surface area contributed by atoms with Gasteiger partial charge in [-0.1, -0.05) is 23.8 Å². The molecule has 2 N–H and O–H groups in total. The molecule has 18 heavy (non-hydrogen) atoms. The van der Waals surface area contributed by atoms with Crippen molar-refractivity contribution in [2.75, 3.05) is 6.54 Å². The molecule has 0 saturated heterocycles. The van der Waals surface area contributed by atoms with Crippen LogP contribution in [-0.2, 0) is 6.42 Å². The molecular formula is C15H17N3. The van der Waals surface area contributed by atoms with Crippen LogP contribution in [0.5, 0.6) is 0 Å². The third-order valence-corrected chi connectivity index (χ3v) is 3.36. The Morgan fingerprint density at radius 1 is 1.28 bits per heavy atom. The van der Waals surface area contributed by atoms with Crippen molar-refractivity contribution < 1.29 is 0 Å². The van der Waals surface area contributed by atoms with Crippen molar-refractivity contribution >= 4 is 16.4 Å². The van der Waals surface area contributed by atoms with Crippen molar-refractivity contribution in [1.29, 1.82) is 0 Å². The lowest BCUT2D eigenvalue weighted by atomic mass is 10.1. The van der Waals surface area contributed by atoms with E-state index in [0.29, 0.717) is 0 Å². The highest BCUT2D eigenvalue weighted by Crippen LogP contribution is 2.21. The van der Waals surface area contributed by atoms with Crippen molar-refractivity contribution in [3.8, 4) is 0 Å². The molecule has 0 bridgehead atoms. The average Bonchev–Trinajstić information content (AvgIpc) is 2.79. The molecule has 0 atom stereocenters. The zero-order valence-electron chi connectivity index (χ0n) is 10.6. The first-order valence-corrected chi connectivity index (χ1v) is 6.35. The van der Waals surface area contributed by atoms with Crippen LogP contribution < -0.4 is 5.73 Å². The lowest BCUT2D eigenvalue weighted by Gasteiger charge is -2.04. The summed E-state index contributed by atoms with van der Waals surface area (Å²) >= 11 is 0. The predicted molar refractivity (Wildman–Crippen MR) is 74.8 cm³/mol. The normalized spacial score (nSPS) is 11.4. The molecule has 2 aromatic heterocycles. The molecule has 3 rings (SSSR count). The molecule has 0 amide bonds. The van der Waals surface area contributed by atoms with Gasteiger partial charge in [-0.3, -0.25) is 0 Å². The van der Waals surface area contributed by atoms with Crippen LogP contribution in [0, 0.1) is 6.92 Å². The number of rotatable bonds is 3. The van der Waals surface area contributed by atoms with Crippen LogP contribution >= 0.6 is 0 Å². The second-order valence-electron chi connectivity index (χ2n) is 4.74. The van der Waals surface area contributed by atoms with Crippen molar-refractivity contribution in [2.45, 2.75) is 19.8 Å². The summed E-state index contributed by atoms with van der Waals surface area (Å²) in [4.78, 5) is 4.55. The zero-order valence-corrected chi connectivity index (χ0v) is 10.6. The number of benzene rings is 1. The van der Waals surface area contributed by atoms with E-state index in [9.17, 15) is 0 Å². The summed E-state index contributed by atoms with van der Waals surface area (Å²) in [5.41, 5.74) is 9.12. The van der Waals surface area contributed by atoms with E-state index in [-0.39, 0.29) is 0 Å². The van der Waals surface area contributed by atoms with Gasteiger partial charge in [0, 0.05) is 23.5 Å². The fourth-order valence-corrected chi connectivity index (χ4v) is 2.41. The summed E-state index contributed by atoms with van der Waals surface area (Å²) in [5.74, 6) is 0. The minimum absolute atomic E-state index is 0.722. The van der Waals surface area contributed by atoms with Crippen molar-refractivity contribution in [2.24, 2.45) is 5.73 Å². The smallest absolute Gasteiger partial charge is 0.144 e. The van der Waals surface area contributed by atoms with E-state index in [2.05, 4.69) is 46.8 Å². The van der Waals surface area contributed by atoms with E-state index in [4.69, 9.17) is 5.73 Å². The number of pyridine rings is 1. The highest BCUT2D eigenvalue weighted by molar-refractivity contribution is 5.94. The minimum Gasteiger partial charge on any atom is -0.330 e. The summed E-state index contributed by atoms with van der Waals surface area (Å²) in [6.45, 7) is 2.84. The molecule has 2 heterocycles. The molecule has 3 nitrogen and oxygen atoms in total. The second-order valence-corrected chi connectivity index (χ2v) is 4.74. The first kappa shape index (κ1) is 11.2. The summed E-state index contributed by atoms with van der Waals surface area (Å²) in [6, 6.07) is 8.64. The van der Waals surface area contributed by atoms with E-state index in [1.54, 1.807) is 0 Å². The van der Waals surface area contributed by atoms with E-state index >= 15 is 0 Å². The van der Waals surface area contributed by atoms with Gasteiger partial charge in [-0.15, -0.1) is 0 Å². The maximum absolute atomic E-state index is 5.57. The van der Waals surface area contributed by atoms with Crippen LogP contribution in [0.25, 0.3) is 16.4 Å². The van der Waals surface area contributed by atoms with E-state index in [0.717, 1.165) is 25.0 Å². The molecule has 0 aliphatic heterocycles. The molecule has 0 spiro atoms. The van der Waals surface area contributed by atoms with E-state index < -0.39 is 0 Å². The van der Waals surface area contributed by atoms with Crippen LogP contribution in [0.3, 0.4) is 0 Å². The van der Waals surface area contributed by atoms with Gasteiger partial charge in [0.1, 0.15) is 5.65 Å². The highest BCUT2D eigenvalue weighted by atomic mass is 15.0. The van der Waals surface area contributed by atoms with Crippen molar-refractivity contribution in [3.05, 3.63) is 47.9 Å². The third-order valence-electron chi connectivity index (χ3n) is 3.36. The Bertz CT molecular complexity index is 697. The number of imidazole rings is 1. The number of aryl methyl sites for hydroxylation is 2. The van der Waals surface area contributed by atoms with Gasteiger partial charge in [0.25, 0.3) is 0 Å². The summed E-state index contributed by atoms with van der Waals surface area (Å²) < 4.78 is 2.17. The van der Waals surface area contributed by atoms with Crippen LogP contribution in [-0.4, -0.2) is 15.9 Å². The van der Waals surface area contributed by atoms with Gasteiger partial charge in [-0.2, -0.15) is 0 Å². The topological polar surface area (TPSA) is 43.3 Å². The van der Waals surface area contributed by atoms with Crippen LogP contribution in [0.1, 0.15) is 17.7 Å². The summed E-state index contributed by atoms with van der Waals surface area (Å²) in [7, 11) is 0. The standard InChI is InChI=1S/C15H17N3/c1-11-4-5-14-12(9-11)6-8-18-13(3-2-7-16)10-17-15(14)18/h4-6,8-10H,2-3,7,16H2,1H3. The monoisotopic (exact) mass is 239 g/mol. The molecule has 0 radical (unpaired) electrons. The van der Waals surface area contributed by atoms with Gasteiger partial charge in [0.15, 0.2) is 0 Å². The Kier molecular flexibility index (Phi) is 2.76. The number of hydrogen-bond donors (Lipinski definition) is 1. The first-order valence-electron chi connectivity index (χ1n) is 6.35. The lowest BCUT2D eigenvalue weighted by Crippen LogP contribution is -2.02. The van der Waals surface area contributed by atoms with Crippen LogP contribution in [0.4, 0.5) is 0 Å². The Hall–Kier alpha value is -1.87. The SMILES string of the molecule is Cc1ccc2c(ccn3c(CCCN)cnc23)c1. The molecule has 3 aromatic rings. The number of hydrogen-bond acceptors (Lipinski definition) is 2. The number of nitrogens with zero attached hydrogens (tertiary/aromatic N) is 2. The summed E-state index contributed by atoms with van der Waals surface area (Å²) in [6.07, 6.45) is 6.05. The van der Waals surface area contributed by atoms with Crippen LogP contribution in [0.2, 0.25) is 0 Å². The third kappa shape index (κ3) is 1.77. The van der Waals surface area contributed by atoms with Crippen molar-refractivity contribution in [3.63, 3.8) is 0 Å². The van der Waals surface area contributed by atoms with Crippen molar-refractivity contribution in [1.82, 2.24) is 9.38 Å². The molecule has 0 aliphatic rings. The van der Waals surface area contributed by atoms with Crippen LogP contribution in [0.15, 0.2) is 36.7 Å². The zero-order chi connectivity index (χ0) is 12.5. The Balaban J connectivity index is 2.20. The van der Waals surface area contributed by atoms with E-state index in [1.165, 1.54) is 22.0 Å². The van der Waals surface area contributed by atoms with Gasteiger partial charge in [-0.05, 0) is 37.8 Å². The average molecular weight is 239 g/mol. The maximum Gasteiger partial charge on any atom is 0.144 e. The molecule has 3 heteroatoms. The van der Waals surface area contributed by atoms with E-state index in [1.807, 2.05) is 6.20 Å². The largest absolute Gasteiger partial charge is 0.330 e. The lowest BCUT2D eigenvalue weighted by molar-refractivity contribution is 0.803. The number of fused-ring (bicyclic) bond motifs is 3. The predicted octanol–water partition coefficient (Wildman–Crippen LogP) is 2.69. The Morgan fingerprint density at radius 3 is 3.00 bits per heavy atom. The molecule has 0 fully saturated rings.